The third-order valence-corrected chi connectivity index (χ3v) is 7.33. The van der Waals surface area contributed by atoms with E-state index in [4.69, 9.17) is 9.83 Å². The largest absolute Gasteiger partial charge is 0.457 e. The number of hydrogen-bond donors (Lipinski definition) is 1. The summed E-state index contributed by atoms with van der Waals surface area (Å²) in [5.74, 6) is -0.920. The number of nitrogens with zero attached hydrogens (tertiary/aromatic N) is 4. The fourth-order valence-electron chi connectivity index (χ4n) is 3.21. The van der Waals surface area contributed by atoms with Crippen LogP contribution in [-0.4, -0.2) is 46.1 Å². The maximum absolute atomic E-state index is 12.7. The summed E-state index contributed by atoms with van der Waals surface area (Å²) in [7, 11) is -3.80. The van der Waals surface area contributed by atoms with Crippen LogP contribution < -0.4 is 0 Å². The second kappa shape index (κ2) is 8.41. The van der Waals surface area contributed by atoms with Crippen molar-refractivity contribution in [3.05, 3.63) is 57.8 Å². The van der Waals surface area contributed by atoms with Crippen molar-refractivity contribution in [2.45, 2.75) is 13.8 Å². The van der Waals surface area contributed by atoms with Gasteiger partial charge in [-0.05, 0) is 24.1 Å². The lowest BCUT2D eigenvalue weighted by Gasteiger charge is -2.24. The Hall–Kier alpha value is -3.58. The highest BCUT2D eigenvalue weighted by atomic mass is 32.2. The fourth-order valence-corrected chi connectivity index (χ4v) is 5.94. The number of benzene rings is 1. The first-order valence-corrected chi connectivity index (χ1v) is 12.1. The van der Waals surface area contributed by atoms with E-state index in [-0.39, 0.29) is 44.9 Å². The van der Waals surface area contributed by atoms with Gasteiger partial charge in [-0.3, -0.25) is 20.3 Å². The van der Waals surface area contributed by atoms with Crippen molar-refractivity contribution in [3.63, 3.8) is 0 Å². The molecular formula is C20H17N5O6S2. The van der Waals surface area contributed by atoms with E-state index in [1.165, 1.54) is 30.3 Å². The van der Waals surface area contributed by atoms with Crippen LogP contribution in [0.2, 0.25) is 0 Å². The lowest BCUT2D eigenvalue weighted by molar-refractivity contribution is -0.384. The predicted molar refractivity (Wildman–Crippen MR) is 124 cm³/mol. The highest BCUT2D eigenvalue weighted by molar-refractivity contribution is 8.16. The van der Waals surface area contributed by atoms with Crippen molar-refractivity contribution in [2.75, 3.05) is 5.75 Å². The molecule has 4 rings (SSSR count). The van der Waals surface area contributed by atoms with Gasteiger partial charge in [-0.25, -0.2) is 13.3 Å². The van der Waals surface area contributed by atoms with Gasteiger partial charge in [0.15, 0.2) is 0 Å². The Morgan fingerprint density at radius 3 is 2.76 bits per heavy atom. The van der Waals surface area contributed by atoms with Crippen molar-refractivity contribution in [2.24, 2.45) is 15.3 Å². The molecule has 0 saturated heterocycles. The SMILES string of the molecule is CC(C)CS(=O)(=O)C1=NSC2=NC(=O)/C(=C\c3ccc(-c4cccc([N+](=O)[O-])c4)o3)C(=N)N21. The number of rotatable bonds is 5. The van der Waals surface area contributed by atoms with Gasteiger partial charge in [-0.1, -0.05) is 26.0 Å². The molecule has 170 valence electrons. The summed E-state index contributed by atoms with van der Waals surface area (Å²) in [6, 6.07) is 8.97. The molecule has 0 atom stereocenters. The highest BCUT2D eigenvalue weighted by Gasteiger charge is 2.42. The first-order chi connectivity index (χ1) is 15.6. The van der Waals surface area contributed by atoms with E-state index < -0.39 is 20.7 Å². The van der Waals surface area contributed by atoms with Crippen LogP contribution in [-0.2, 0) is 14.6 Å². The second-order valence-corrected chi connectivity index (χ2v) is 10.2. The summed E-state index contributed by atoms with van der Waals surface area (Å²) in [6.45, 7) is 3.50. The molecule has 11 nitrogen and oxygen atoms in total. The number of amidine groups is 3. The Morgan fingerprint density at radius 2 is 2.06 bits per heavy atom. The van der Waals surface area contributed by atoms with Crippen LogP contribution in [0.25, 0.3) is 17.4 Å². The number of carbonyl (C=O) groups excluding carboxylic acids is 1. The van der Waals surface area contributed by atoms with Crippen LogP contribution in [0.4, 0.5) is 5.69 Å². The van der Waals surface area contributed by atoms with E-state index in [2.05, 4.69) is 9.39 Å². The lowest BCUT2D eigenvalue weighted by Crippen LogP contribution is -2.46. The molecule has 13 heteroatoms. The molecule has 1 aromatic heterocycles. The molecule has 0 aliphatic carbocycles. The molecule has 2 aliphatic rings. The van der Waals surface area contributed by atoms with E-state index in [0.717, 1.165) is 16.8 Å². The van der Waals surface area contributed by atoms with E-state index in [0.29, 0.717) is 11.3 Å². The molecule has 1 aromatic carbocycles. The van der Waals surface area contributed by atoms with Crippen LogP contribution in [0.3, 0.4) is 0 Å². The molecule has 0 radical (unpaired) electrons. The number of fused-ring (bicyclic) bond motifs is 1. The summed E-state index contributed by atoms with van der Waals surface area (Å²) in [5.41, 5.74) is 0.189. The quantitative estimate of drug-likeness (QED) is 0.290. The van der Waals surface area contributed by atoms with Gasteiger partial charge in [-0.15, -0.1) is 0 Å². The van der Waals surface area contributed by atoms with Gasteiger partial charge >= 0.3 is 0 Å². The van der Waals surface area contributed by atoms with E-state index in [9.17, 15) is 23.3 Å². The molecular weight excluding hydrogens is 470 g/mol. The van der Waals surface area contributed by atoms with Gasteiger partial charge in [-0.2, -0.15) is 9.39 Å². The summed E-state index contributed by atoms with van der Waals surface area (Å²) in [6.07, 6.45) is 1.28. The predicted octanol–water partition coefficient (Wildman–Crippen LogP) is 3.50. The first kappa shape index (κ1) is 22.6. The molecule has 1 N–H and O–H groups in total. The number of nitro benzene ring substituents is 1. The Labute approximate surface area is 192 Å². The molecule has 2 aliphatic heterocycles. The number of non-ortho nitro benzene ring substituents is 1. The average Bonchev–Trinajstić information content (AvgIpc) is 3.38. The minimum Gasteiger partial charge on any atom is -0.457 e. The minimum atomic E-state index is -3.80. The van der Waals surface area contributed by atoms with Crippen LogP contribution in [0, 0.1) is 21.4 Å². The fraction of sp³-hybridized carbons (Fsp3) is 0.200. The van der Waals surface area contributed by atoms with Gasteiger partial charge in [0.25, 0.3) is 11.6 Å². The lowest BCUT2D eigenvalue weighted by atomic mass is 10.1. The molecule has 0 bridgehead atoms. The van der Waals surface area contributed by atoms with Crippen LogP contribution in [0.15, 0.2) is 55.8 Å². The van der Waals surface area contributed by atoms with Gasteiger partial charge in [0.05, 0.1) is 28.2 Å². The molecule has 0 spiro atoms. The van der Waals surface area contributed by atoms with E-state index >= 15 is 0 Å². The maximum atomic E-state index is 12.7. The van der Waals surface area contributed by atoms with Crippen molar-refractivity contribution < 1.29 is 22.6 Å². The zero-order chi connectivity index (χ0) is 23.9. The molecule has 3 heterocycles. The molecule has 33 heavy (non-hydrogen) atoms. The van der Waals surface area contributed by atoms with Gasteiger partial charge in [0, 0.05) is 17.7 Å². The number of amides is 1. The number of aliphatic imine (C=N–C) groups is 1. The number of hydrogen-bond acceptors (Lipinski definition) is 9. The minimum absolute atomic E-state index is 0.00112. The van der Waals surface area contributed by atoms with Crippen LogP contribution in [0.5, 0.6) is 0 Å². The van der Waals surface area contributed by atoms with Crippen molar-refractivity contribution >= 4 is 55.6 Å². The monoisotopic (exact) mass is 487 g/mol. The summed E-state index contributed by atoms with van der Waals surface area (Å²) >= 11 is 0.727. The van der Waals surface area contributed by atoms with Gasteiger partial charge in [0.1, 0.15) is 17.4 Å². The third kappa shape index (κ3) is 4.36. The van der Waals surface area contributed by atoms with E-state index in [1.807, 2.05) is 0 Å². The standard InChI is InChI=1S/C20H17N5O6S2/c1-11(2)10-33(29,30)20-23-32-19-22-18(26)15(17(21)24(19)20)9-14-6-7-16(31-14)12-4-3-5-13(8-12)25(27)28/h3-9,11,21H,10H2,1-2H3/b15-9-,21-17?. The third-order valence-electron chi connectivity index (χ3n) is 4.58. The number of nitro groups is 1. The van der Waals surface area contributed by atoms with Crippen molar-refractivity contribution in [1.82, 2.24) is 4.90 Å². The van der Waals surface area contributed by atoms with Crippen LogP contribution >= 0.6 is 11.9 Å². The maximum Gasteiger partial charge on any atom is 0.283 e. The normalized spacial score (nSPS) is 17.4. The number of furan rings is 1. The highest BCUT2D eigenvalue weighted by Crippen LogP contribution is 2.32. The average molecular weight is 488 g/mol. The molecule has 0 fully saturated rings. The Balaban J connectivity index is 1.66. The Kier molecular flexibility index (Phi) is 5.76. The van der Waals surface area contributed by atoms with Crippen LogP contribution in [0.1, 0.15) is 19.6 Å². The topological polar surface area (TPSA) is 159 Å². The summed E-state index contributed by atoms with van der Waals surface area (Å²) in [5, 5.41) is 19.1. The summed E-state index contributed by atoms with van der Waals surface area (Å²) in [4.78, 5) is 27.9. The zero-order valence-corrected chi connectivity index (χ0v) is 19.0. The Bertz CT molecular complexity index is 1390. The van der Waals surface area contributed by atoms with E-state index in [1.54, 1.807) is 26.0 Å². The van der Waals surface area contributed by atoms with Crippen molar-refractivity contribution in [1.29, 1.82) is 5.41 Å². The number of sulfone groups is 1. The van der Waals surface area contributed by atoms with Gasteiger partial charge < -0.3 is 4.42 Å². The molecule has 2 aromatic rings. The van der Waals surface area contributed by atoms with Gasteiger partial charge in [0.2, 0.25) is 20.2 Å². The summed E-state index contributed by atoms with van der Waals surface area (Å²) < 4.78 is 35.1. The molecule has 0 unspecified atom stereocenters. The Morgan fingerprint density at radius 1 is 1.30 bits per heavy atom. The molecule has 0 saturated carbocycles. The second-order valence-electron chi connectivity index (χ2n) is 7.59. The zero-order valence-electron chi connectivity index (χ0n) is 17.4. The number of nitrogens with one attached hydrogen (secondary N) is 1. The van der Waals surface area contributed by atoms with Crippen molar-refractivity contribution in [3.8, 4) is 11.3 Å². The first-order valence-electron chi connectivity index (χ1n) is 9.63. The number of carbonyl (C=O) groups is 1. The molecule has 1 amide bonds. The smallest absolute Gasteiger partial charge is 0.283 e.